The number of ether oxygens (including phenoxy) is 1. The Kier molecular flexibility index (Phi) is 6.19. The van der Waals surface area contributed by atoms with Crippen LogP contribution >= 0.6 is 0 Å². The third kappa shape index (κ3) is 3.48. The van der Waals surface area contributed by atoms with Gasteiger partial charge in [0.15, 0.2) is 5.78 Å². The number of hydrogen-bond acceptors (Lipinski definition) is 5. The second kappa shape index (κ2) is 8.42. The first-order valence-corrected chi connectivity index (χ1v) is 12.1. The fraction of sp³-hybridized carbons (Fsp3) is 0.917. The maximum Gasteiger partial charge on any atom is 0.159 e. The van der Waals surface area contributed by atoms with E-state index in [-0.39, 0.29) is 23.7 Å². The first-order valence-electron chi connectivity index (χ1n) is 12.1. The average Bonchev–Trinajstić information content (AvgIpc) is 3.06. The molecule has 8 atom stereocenters. The standard InChI is InChI=1S/C24H42N4O2/c1-16-8-11-24(14-30-3)17(12-16)4-5-18-19-6-7-21(22(29)13-28(26)27-15-25)23(19,2)10-9-20(18)24/h15-21H,4-14,26H2,1-3H3,(H2,25,27)/t16-,17?,18?,19?,20?,21+,23?,24?/m0/s1. The Bertz CT molecular complexity index is 670. The summed E-state index contributed by atoms with van der Waals surface area (Å²) in [5.41, 5.74) is 5.81. The van der Waals surface area contributed by atoms with Gasteiger partial charge in [-0.15, -0.1) is 0 Å². The minimum atomic E-state index is 0.102. The van der Waals surface area contributed by atoms with Crippen molar-refractivity contribution in [2.75, 3.05) is 20.3 Å². The first kappa shape index (κ1) is 22.1. The summed E-state index contributed by atoms with van der Waals surface area (Å²) in [7, 11) is 1.90. The molecule has 4 rings (SSSR count). The summed E-state index contributed by atoms with van der Waals surface area (Å²) in [6.07, 6.45) is 12.5. The van der Waals surface area contributed by atoms with Crippen molar-refractivity contribution < 1.29 is 9.53 Å². The number of rotatable bonds is 6. The van der Waals surface area contributed by atoms with Crippen LogP contribution in [0.3, 0.4) is 0 Å². The lowest BCUT2D eigenvalue weighted by Gasteiger charge is -2.62. The van der Waals surface area contributed by atoms with E-state index in [9.17, 15) is 4.79 Å². The van der Waals surface area contributed by atoms with Crippen LogP contribution in [0.1, 0.15) is 71.6 Å². The molecular formula is C24H42N4O2. The van der Waals surface area contributed by atoms with E-state index in [1.165, 1.54) is 50.1 Å². The van der Waals surface area contributed by atoms with Gasteiger partial charge in [0.2, 0.25) is 0 Å². The van der Waals surface area contributed by atoms with Crippen molar-refractivity contribution in [3.63, 3.8) is 0 Å². The molecule has 0 aromatic heterocycles. The summed E-state index contributed by atoms with van der Waals surface area (Å²) in [6.45, 7) is 5.91. The van der Waals surface area contributed by atoms with Crippen molar-refractivity contribution in [1.29, 1.82) is 0 Å². The highest BCUT2D eigenvalue weighted by Gasteiger charge is 2.62. The molecule has 6 heteroatoms. The fourth-order valence-corrected chi connectivity index (χ4v) is 8.74. The Morgan fingerprint density at radius 3 is 2.70 bits per heavy atom. The number of nitrogens with zero attached hydrogens (tertiary/aromatic N) is 2. The number of methoxy groups -OCH3 is 1. The molecular weight excluding hydrogens is 376 g/mol. The Hall–Kier alpha value is -1.14. The summed E-state index contributed by atoms with van der Waals surface area (Å²) in [5, 5.41) is 5.03. The van der Waals surface area contributed by atoms with Crippen LogP contribution in [0.2, 0.25) is 0 Å². The van der Waals surface area contributed by atoms with Crippen molar-refractivity contribution in [2.24, 2.45) is 63.0 Å². The molecule has 0 amide bonds. The van der Waals surface area contributed by atoms with Gasteiger partial charge in [-0.2, -0.15) is 5.10 Å². The number of nitrogens with two attached hydrogens (primary N) is 2. The molecule has 6 unspecified atom stereocenters. The van der Waals surface area contributed by atoms with Crippen LogP contribution in [0, 0.1) is 46.3 Å². The molecule has 0 saturated heterocycles. The zero-order chi connectivity index (χ0) is 21.5. The number of fused-ring (bicyclic) bond motifs is 5. The molecule has 0 radical (unpaired) electrons. The van der Waals surface area contributed by atoms with E-state index < -0.39 is 0 Å². The summed E-state index contributed by atoms with van der Waals surface area (Å²) < 4.78 is 5.89. The van der Waals surface area contributed by atoms with E-state index >= 15 is 0 Å². The third-order valence-electron chi connectivity index (χ3n) is 9.96. The molecule has 0 aliphatic heterocycles. The van der Waals surface area contributed by atoms with Gasteiger partial charge in [0.1, 0.15) is 12.9 Å². The number of hydrogen-bond donors (Lipinski definition) is 2. The summed E-state index contributed by atoms with van der Waals surface area (Å²) >= 11 is 0. The van der Waals surface area contributed by atoms with Crippen molar-refractivity contribution in [2.45, 2.75) is 71.6 Å². The van der Waals surface area contributed by atoms with Crippen LogP contribution in [0.25, 0.3) is 0 Å². The van der Waals surface area contributed by atoms with E-state index in [1.807, 2.05) is 7.11 Å². The Labute approximate surface area is 182 Å². The topological polar surface area (TPSA) is 93.9 Å². The van der Waals surface area contributed by atoms with Gasteiger partial charge in [-0.1, -0.05) is 20.3 Å². The second-order valence-electron chi connectivity index (χ2n) is 11.2. The SMILES string of the molecule is COCC12CC[C@H](C)CC1CCC1C2CCC2(C)C1CC[C@@H]2C(=O)CN(N)/N=C\N. The molecule has 0 spiro atoms. The third-order valence-corrected chi connectivity index (χ3v) is 9.96. The molecule has 4 saturated carbocycles. The molecule has 6 nitrogen and oxygen atoms in total. The molecule has 0 heterocycles. The number of Topliss-reactive ketones (excluding diaryl/α,β-unsaturated/α-hetero) is 1. The van der Waals surface area contributed by atoms with Crippen LogP contribution in [0.4, 0.5) is 0 Å². The largest absolute Gasteiger partial charge is 0.388 e. The van der Waals surface area contributed by atoms with Gasteiger partial charge in [-0.3, -0.25) is 4.79 Å². The summed E-state index contributed by atoms with van der Waals surface area (Å²) in [6, 6.07) is 0. The van der Waals surface area contributed by atoms with Gasteiger partial charge in [0.05, 0.1) is 6.61 Å². The Morgan fingerprint density at radius 1 is 1.17 bits per heavy atom. The van der Waals surface area contributed by atoms with Crippen LogP contribution in [0.15, 0.2) is 5.10 Å². The molecule has 30 heavy (non-hydrogen) atoms. The average molecular weight is 419 g/mol. The molecule has 4 aliphatic rings. The zero-order valence-electron chi connectivity index (χ0n) is 19.2. The first-order chi connectivity index (χ1) is 14.4. The monoisotopic (exact) mass is 418 g/mol. The number of carbonyl (C=O) groups is 1. The molecule has 170 valence electrons. The quantitative estimate of drug-likeness (QED) is 0.298. The molecule has 4 N–H and O–H groups in total. The molecule has 0 bridgehead atoms. The Balaban J connectivity index is 1.55. The van der Waals surface area contributed by atoms with E-state index in [2.05, 4.69) is 18.9 Å². The van der Waals surface area contributed by atoms with Crippen molar-refractivity contribution in [1.82, 2.24) is 5.12 Å². The molecule has 0 aromatic rings. The van der Waals surface area contributed by atoms with Gasteiger partial charge >= 0.3 is 0 Å². The minimum absolute atomic E-state index is 0.102. The number of ketones is 1. The van der Waals surface area contributed by atoms with Crippen molar-refractivity contribution >= 4 is 12.1 Å². The van der Waals surface area contributed by atoms with E-state index in [1.54, 1.807) is 0 Å². The van der Waals surface area contributed by atoms with E-state index in [0.29, 0.717) is 11.3 Å². The highest BCUT2D eigenvalue weighted by Crippen LogP contribution is 2.68. The van der Waals surface area contributed by atoms with Crippen LogP contribution < -0.4 is 11.6 Å². The van der Waals surface area contributed by atoms with E-state index in [0.717, 1.165) is 49.5 Å². The van der Waals surface area contributed by atoms with E-state index in [4.69, 9.17) is 16.3 Å². The van der Waals surface area contributed by atoms with Gasteiger partial charge < -0.3 is 10.5 Å². The van der Waals surface area contributed by atoms with Gasteiger partial charge in [0.25, 0.3) is 0 Å². The number of hydrazine groups is 1. The van der Waals surface area contributed by atoms with Gasteiger partial charge in [0, 0.05) is 13.0 Å². The predicted octanol–water partition coefficient (Wildman–Crippen LogP) is 3.55. The van der Waals surface area contributed by atoms with Gasteiger partial charge in [-0.05, 0) is 91.8 Å². The van der Waals surface area contributed by atoms with Crippen molar-refractivity contribution in [3.8, 4) is 0 Å². The summed E-state index contributed by atoms with van der Waals surface area (Å²) in [5.74, 6) is 10.0. The number of carbonyl (C=O) groups excluding carboxylic acids is 1. The lowest BCUT2D eigenvalue weighted by atomic mass is 9.44. The normalized spacial score (nSPS) is 45.6. The lowest BCUT2D eigenvalue weighted by molar-refractivity contribution is -0.154. The zero-order valence-corrected chi connectivity index (χ0v) is 19.2. The maximum absolute atomic E-state index is 13.1. The molecule has 4 fully saturated rings. The molecule has 4 aliphatic carbocycles. The van der Waals surface area contributed by atoms with Gasteiger partial charge in [-0.25, -0.2) is 11.0 Å². The van der Waals surface area contributed by atoms with Crippen molar-refractivity contribution in [3.05, 3.63) is 0 Å². The highest BCUT2D eigenvalue weighted by molar-refractivity contribution is 5.84. The molecule has 0 aromatic carbocycles. The predicted molar refractivity (Wildman–Crippen MR) is 119 cm³/mol. The van der Waals surface area contributed by atoms with Crippen LogP contribution in [-0.4, -0.2) is 37.5 Å². The smallest absolute Gasteiger partial charge is 0.159 e. The highest BCUT2D eigenvalue weighted by atomic mass is 16.5. The number of hydrazone groups is 1. The summed E-state index contributed by atoms with van der Waals surface area (Å²) in [4.78, 5) is 13.1. The Morgan fingerprint density at radius 2 is 1.97 bits per heavy atom. The fourth-order valence-electron chi connectivity index (χ4n) is 8.74. The minimum Gasteiger partial charge on any atom is -0.388 e. The second-order valence-corrected chi connectivity index (χ2v) is 11.2. The van der Waals surface area contributed by atoms with Crippen LogP contribution in [0.5, 0.6) is 0 Å². The maximum atomic E-state index is 13.1. The van der Waals surface area contributed by atoms with Crippen LogP contribution in [-0.2, 0) is 9.53 Å². The lowest BCUT2D eigenvalue weighted by Crippen LogP contribution is -2.56.